The Hall–Kier alpha value is -0.820. The van der Waals surface area contributed by atoms with Crippen LogP contribution in [0.5, 0.6) is 0 Å². The van der Waals surface area contributed by atoms with E-state index in [0.717, 1.165) is 18.5 Å². The Morgan fingerprint density at radius 3 is 2.75 bits per heavy atom. The highest BCUT2D eigenvalue weighted by Gasteiger charge is 2.20. The summed E-state index contributed by atoms with van der Waals surface area (Å²) in [5, 5.41) is 3.70. The van der Waals surface area contributed by atoms with Crippen LogP contribution in [0.1, 0.15) is 42.9 Å². The topological polar surface area (TPSA) is 12.0 Å². The van der Waals surface area contributed by atoms with Crippen LogP contribution in [0.25, 0.3) is 0 Å². The van der Waals surface area contributed by atoms with E-state index in [0.29, 0.717) is 0 Å². The van der Waals surface area contributed by atoms with E-state index in [1.165, 1.54) is 36.0 Å². The van der Waals surface area contributed by atoms with Crippen molar-refractivity contribution in [3.05, 3.63) is 34.9 Å². The molecule has 2 atom stereocenters. The molecule has 0 spiro atoms. The average molecular weight is 217 g/mol. The maximum atomic E-state index is 3.70. The molecule has 1 aromatic carbocycles. The van der Waals surface area contributed by atoms with Crippen LogP contribution < -0.4 is 5.32 Å². The Bertz CT molecular complexity index is 356. The van der Waals surface area contributed by atoms with Crippen LogP contribution in [0.4, 0.5) is 0 Å². The molecule has 1 N–H and O–H groups in total. The third kappa shape index (κ3) is 2.65. The zero-order chi connectivity index (χ0) is 11.5. The summed E-state index contributed by atoms with van der Waals surface area (Å²) in [6.45, 7) is 7.81. The first kappa shape index (κ1) is 11.7. The van der Waals surface area contributed by atoms with Crippen LogP contribution in [0.15, 0.2) is 18.2 Å². The molecule has 2 unspecified atom stereocenters. The number of rotatable bonds is 3. The molecular weight excluding hydrogens is 194 g/mol. The third-order valence-corrected chi connectivity index (χ3v) is 3.99. The summed E-state index contributed by atoms with van der Waals surface area (Å²) in [7, 11) is 0. The van der Waals surface area contributed by atoms with Crippen LogP contribution in [0.3, 0.4) is 0 Å². The van der Waals surface area contributed by atoms with Gasteiger partial charge in [-0.15, -0.1) is 0 Å². The molecule has 0 saturated heterocycles. The van der Waals surface area contributed by atoms with Crippen LogP contribution in [0.2, 0.25) is 0 Å². The molecule has 0 aliphatic heterocycles. The molecule has 0 heterocycles. The minimum atomic E-state index is 0.745. The predicted molar refractivity (Wildman–Crippen MR) is 69.6 cm³/mol. The Kier molecular flexibility index (Phi) is 3.65. The van der Waals surface area contributed by atoms with Crippen molar-refractivity contribution in [2.45, 2.75) is 52.6 Å². The number of hydrogen-bond donors (Lipinski definition) is 1. The molecule has 0 aromatic heterocycles. The van der Waals surface area contributed by atoms with E-state index < -0.39 is 0 Å². The largest absolute Gasteiger partial charge is 0.310 e. The van der Waals surface area contributed by atoms with Gasteiger partial charge in [0.2, 0.25) is 0 Å². The van der Waals surface area contributed by atoms with Gasteiger partial charge < -0.3 is 5.32 Å². The fraction of sp³-hybridized carbons (Fsp3) is 0.600. The van der Waals surface area contributed by atoms with E-state index in [1.807, 2.05) is 0 Å². The van der Waals surface area contributed by atoms with Crippen molar-refractivity contribution in [2.75, 3.05) is 0 Å². The average Bonchev–Trinajstić information content (AvgIpc) is 2.67. The molecule has 1 saturated carbocycles. The van der Waals surface area contributed by atoms with Gasteiger partial charge in [-0.2, -0.15) is 0 Å². The van der Waals surface area contributed by atoms with Crippen molar-refractivity contribution in [3.8, 4) is 0 Å². The number of nitrogens with one attached hydrogen (secondary N) is 1. The van der Waals surface area contributed by atoms with E-state index in [2.05, 4.69) is 44.3 Å². The molecular formula is C15H23N. The minimum Gasteiger partial charge on any atom is -0.310 e. The van der Waals surface area contributed by atoms with Crippen LogP contribution in [-0.2, 0) is 6.54 Å². The van der Waals surface area contributed by atoms with E-state index in [4.69, 9.17) is 0 Å². The van der Waals surface area contributed by atoms with E-state index in [-0.39, 0.29) is 0 Å². The first-order valence-corrected chi connectivity index (χ1v) is 6.45. The summed E-state index contributed by atoms with van der Waals surface area (Å²) in [6, 6.07) is 7.34. The van der Waals surface area contributed by atoms with Crippen molar-refractivity contribution in [1.82, 2.24) is 5.32 Å². The summed E-state index contributed by atoms with van der Waals surface area (Å²) >= 11 is 0. The first-order valence-electron chi connectivity index (χ1n) is 6.45. The van der Waals surface area contributed by atoms with Crippen molar-refractivity contribution in [2.24, 2.45) is 5.92 Å². The highest BCUT2D eigenvalue weighted by atomic mass is 14.9. The monoisotopic (exact) mass is 217 g/mol. The Labute approximate surface area is 99.3 Å². The van der Waals surface area contributed by atoms with Crippen LogP contribution in [0, 0.1) is 19.8 Å². The summed E-state index contributed by atoms with van der Waals surface area (Å²) in [5.41, 5.74) is 4.31. The zero-order valence-electron chi connectivity index (χ0n) is 10.7. The second-order valence-corrected chi connectivity index (χ2v) is 5.36. The zero-order valence-corrected chi connectivity index (χ0v) is 10.7. The number of hydrogen-bond acceptors (Lipinski definition) is 1. The third-order valence-electron chi connectivity index (χ3n) is 3.99. The fourth-order valence-corrected chi connectivity index (χ4v) is 2.65. The lowest BCUT2D eigenvalue weighted by Crippen LogP contribution is -2.26. The minimum absolute atomic E-state index is 0.745. The molecule has 1 aromatic rings. The van der Waals surface area contributed by atoms with Gasteiger partial charge in [0.25, 0.3) is 0 Å². The van der Waals surface area contributed by atoms with E-state index in [1.54, 1.807) is 0 Å². The standard InChI is InChI=1S/C15H23N/c1-11-7-8-15(9-11)16-10-14-6-4-5-12(2)13(14)3/h4-6,11,15-16H,7-10H2,1-3H3. The molecule has 0 bridgehead atoms. The summed E-state index contributed by atoms with van der Waals surface area (Å²) in [5.74, 6) is 0.913. The van der Waals surface area contributed by atoms with Gasteiger partial charge in [-0.3, -0.25) is 0 Å². The molecule has 1 heteroatoms. The van der Waals surface area contributed by atoms with E-state index in [9.17, 15) is 0 Å². The van der Waals surface area contributed by atoms with Crippen LogP contribution >= 0.6 is 0 Å². The van der Waals surface area contributed by atoms with Gasteiger partial charge in [-0.25, -0.2) is 0 Å². The lowest BCUT2D eigenvalue weighted by molar-refractivity contribution is 0.501. The van der Waals surface area contributed by atoms with Gasteiger partial charge in [-0.05, 0) is 55.7 Å². The lowest BCUT2D eigenvalue weighted by Gasteiger charge is -2.14. The highest BCUT2D eigenvalue weighted by molar-refractivity contribution is 5.32. The quantitative estimate of drug-likeness (QED) is 0.816. The predicted octanol–water partition coefficient (Wildman–Crippen LogP) is 3.58. The van der Waals surface area contributed by atoms with E-state index >= 15 is 0 Å². The maximum absolute atomic E-state index is 3.70. The summed E-state index contributed by atoms with van der Waals surface area (Å²) in [4.78, 5) is 0. The Morgan fingerprint density at radius 1 is 1.25 bits per heavy atom. The maximum Gasteiger partial charge on any atom is 0.0210 e. The number of benzene rings is 1. The van der Waals surface area contributed by atoms with Gasteiger partial charge in [-0.1, -0.05) is 25.1 Å². The molecule has 1 aliphatic rings. The van der Waals surface area contributed by atoms with Crippen molar-refractivity contribution in [1.29, 1.82) is 0 Å². The normalized spacial score (nSPS) is 24.9. The van der Waals surface area contributed by atoms with Gasteiger partial charge in [0, 0.05) is 12.6 Å². The smallest absolute Gasteiger partial charge is 0.0210 e. The summed E-state index contributed by atoms with van der Waals surface area (Å²) < 4.78 is 0. The molecule has 16 heavy (non-hydrogen) atoms. The van der Waals surface area contributed by atoms with Crippen molar-refractivity contribution in [3.63, 3.8) is 0 Å². The molecule has 1 aliphatic carbocycles. The second kappa shape index (κ2) is 5.01. The lowest BCUT2D eigenvalue weighted by atomic mass is 10.0. The summed E-state index contributed by atoms with van der Waals surface area (Å²) in [6.07, 6.45) is 4.10. The Balaban J connectivity index is 1.92. The molecule has 1 fully saturated rings. The van der Waals surface area contributed by atoms with Crippen LogP contribution in [-0.4, -0.2) is 6.04 Å². The molecule has 0 radical (unpaired) electrons. The van der Waals surface area contributed by atoms with Gasteiger partial charge in [0.15, 0.2) is 0 Å². The SMILES string of the molecule is Cc1cccc(CNC2CCC(C)C2)c1C. The van der Waals surface area contributed by atoms with Crippen molar-refractivity contribution >= 4 is 0 Å². The fourth-order valence-electron chi connectivity index (χ4n) is 2.65. The number of aryl methyl sites for hydroxylation is 1. The van der Waals surface area contributed by atoms with Gasteiger partial charge in [0.05, 0.1) is 0 Å². The first-order chi connectivity index (χ1) is 7.66. The molecule has 88 valence electrons. The molecule has 1 nitrogen and oxygen atoms in total. The second-order valence-electron chi connectivity index (χ2n) is 5.36. The van der Waals surface area contributed by atoms with Gasteiger partial charge >= 0.3 is 0 Å². The molecule has 2 rings (SSSR count). The molecule has 0 amide bonds. The van der Waals surface area contributed by atoms with Crippen molar-refractivity contribution < 1.29 is 0 Å². The highest BCUT2D eigenvalue weighted by Crippen LogP contribution is 2.25. The Morgan fingerprint density at radius 2 is 2.06 bits per heavy atom. The van der Waals surface area contributed by atoms with Gasteiger partial charge in [0.1, 0.15) is 0 Å².